The average molecular weight is 265 g/mol. The second-order valence-electron chi connectivity index (χ2n) is 5.58. The third-order valence-electron chi connectivity index (χ3n) is 4.19. The highest BCUT2D eigenvalue weighted by Gasteiger charge is 2.25. The van der Waals surface area contributed by atoms with Crippen LogP contribution >= 0.6 is 0 Å². The van der Waals surface area contributed by atoms with Gasteiger partial charge in [0.2, 0.25) is 0 Å². The molecular weight excluding hydrogens is 241 g/mol. The first-order valence-electron chi connectivity index (χ1n) is 7.25. The molecule has 2 nitrogen and oxygen atoms in total. The first-order valence-corrected chi connectivity index (χ1v) is 7.25. The average Bonchev–Trinajstić information content (AvgIpc) is 2.41. The van der Waals surface area contributed by atoms with E-state index in [-0.39, 0.29) is 18.0 Å². The van der Waals surface area contributed by atoms with Gasteiger partial charge in [0.1, 0.15) is 17.7 Å². The Hall–Kier alpha value is -1.09. The molecule has 1 aromatic carbocycles. The zero-order chi connectivity index (χ0) is 13.8. The molecule has 3 heteroatoms. The molecule has 3 unspecified atom stereocenters. The van der Waals surface area contributed by atoms with Crippen LogP contribution in [0, 0.1) is 11.7 Å². The molecule has 1 aliphatic rings. The maximum Gasteiger partial charge on any atom is 0.131 e. The summed E-state index contributed by atoms with van der Waals surface area (Å²) in [6.07, 6.45) is 4.99. The fourth-order valence-electron chi connectivity index (χ4n) is 2.80. The van der Waals surface area contributed by atoms with Gasteiger partial charge in [-0.25, -0.2) is 4.39 Å². The Labute approximate surface area is 115 Å². The van der Waals surface area contributed by atoms with Crippen LogP contribution in [0.1, 0.15) is 51.1 Å². The van der Waals surface area contributed by atoms with E-state index >= 15 is 0 Å². The van der Waals surface area contributed by atoms with Gasteiger partial charge in [0.15, 0.2) is 0 Å². The monoisotopic (exact) mass is 265 g/mol. The maximum atomic E-state index is 14.0. The van der Waals surface area contributed by atoms with Gasteiger partial charge in [0.05, 0.1) is 0 Å². The van der Waals surface area contributed by atoms with Crippen molar-refractivity contribution in [3.63, 3.8) is 0 Å². The van der Waals surface area contributed by atoms with Crippen LogP contribution < -0.4 is 10.1 Å². The van der Waals surface area contributed by atoms with Crippen molar-refractivity contribution in [1.29, 1.82) is 0 Å². The number of nitrogens with one attached hydrogen (secondary N) is 1. The Morgan fingerprint density at radius 3 is 2.74 bits per heavy atom. The van der Waals surface area contributed by atoms with Crippen LogP contribution in [0.15, 0.2) is 18.2 Å². The van der Waals surface area contributed by atoms with Crippen molar-refractivity contribution in [3.8, 4) is 5.75 Å². The maximum absolute atomic E-state index is 14.0. The predicted molar refractivity (Wildman–Crippen MR) is 75.9 cm³/mol. The fourth-order valence-corrected chi connectivity index (χ4v) is 2.80. The third-order valence-corrected chi connectivity index (χ3v) is 4.19. The van der Waals surface area contributed by atoms with E-state index in [1.807, 2.05) is 20.0 Å². The molecule has 0 saturated heterocycles. The summed E-state index contributed by atoms with van der Waals surface area (Å²) in [6.45, 7) is 4.18. The SMILES string of the molecule is CNC(C)c1c(F)cccc1OC1CCCCC1C. The lowest BCUT2D eigenvalue weighted by Crippen LogP contribution is -2.29. The minimum absolute atomic E-state index is 0.0462. The van der Waals surface area contributed by atoms with Gasteiger partial charge in [-0.2, -0.15) is 0 Å². The predicted octanol–water partition coefficient (Wildman–Crippen LogP) is 4.06. The Morgan fingerprint density at radius 1 is 1.32 bits per heavy atom. The Morgan fingerprint density at radius 2 is 2.05 bits per heavy atom. The van der Waals surface area contributed by atoms with E-state index in [4.69, 9.17) is 4.74 Å². The zero-order valence-electron chi connectivity index (χ0n) is 12.1. The highest BCUT2D eigenvalue weighted by molar-refractivity contribution is 5.37. The molecule has 106 valence electrons. The van der Waals surface area contributed by atoms with Gasteiger partial charge in [-0.1, -0.05) is 19.4 Å². The van der Waals surface area contributed by atoms with Crippen LogP contribution in [0.3, 0.4) is 0 Å². The Balaban J connectivity index is 2.21. The van der Waals surface area contributed by atoms with Crippen molar-refractivity contribution in [2.45, 2.75) is 51.7 Å². The van der Waals surface area contributed by atoms with Gasteiger partial charge in [0.25, 0.3) is 0 Å². The molecule has 1 aliphatic carbocycles. The van der Waals surface area contributed by atoms with Crippen molar-refractivity contribution < 1.29 is 9.13 Å². The molecule has 19 heavy (non-hydrogen) atoms. The van der Waals surface area contributed by atoms with E-state index < -0.39 is 0 Å². The van der Waals surface area contributed by atoms with Gasteiger partial charge in [-0.05, 0) is 51.3 Å². The van der Waals surface area contributed by atoms with E-state index in [9.17, 15) is 4.39 Å². The lowest BCUT2D eigenvalue weighted by molar-refractivity contribution is 0.100. The van der Waals surface area contributed by atoms with Gasteiger partial charge in [-0.15, -0.1) is 0 Å². The Kier molecular flexibility index (Phi) is 4.81. The topological polar surface area (TPSA) is 21.3 Å². The number of hydrogen-bond donors (Lipinski definition) is 1. The standard InChI is InChI=1S/C16H24FNO/c1-11-7-4-5-9-14(11)19-15-10-6-8-13(17)16(15)12(2)18-3/h6,8,10-12,14,18H,4-5,7,9H2,1-3H3. The molecule has 0 radical (unpaired) electrons. The summed E-state index contributed by atoms with van der Waals surface area (Å²) in [7, 11) is 1.84. The summed E-state index contributed by atoms with van der Waals surface area (Å²) >= 11 is 0. The minimum Gasteiger partial charge on any atom is -0.490 e. The molecule has 2 rings (SSSR count). The van der Waals surface area contributed by atoms with Gasteiger partial charge in [-0.3, -0.25) is 0 Å². The lowest BCUT2D eigenvalue weighted by Gasteiger charge is -2.30. The smallest absolute Gasteiger partial charge is 0.131 e. The molecule has 0 amide bonds. The van der Waals surface area contributed by atoms with Crippen molar-refractivity contribution in [2.75, 3.05) is 7.05 Å². The highest BCUT2D eigenvalue weighted by Crippen LogP contribution is 2.33. The molecule has 1 saturated carbocycles. The summed E-state index contributed by atoms with van der Waals surface area (Å²) in [5, 5.41) is 3.09. The summed E-state index contributed by atoms with van der Waals surface area (Å²) in [4.78, 5) is 0. The number of rotatable bonds is 4. The lowest BCUT2D eigenvalue weighted by atomic mass is 9.88. The van der Waals surface area contributed by atoms with Crippen LogP contribution in [0.4, 0.5) is 4.39 Å². The summed E-state index contributed by atoms with van der Waals surface area (Å²) in [6, 6.07) is 5.06. The minimum atomic E-state index is -0.192. The van der Waals surface area contributed by atoms with Crippen molar-refractivity contribution in [1.82, 2.24) is 5.32 Å². The molecule has 0 aromatic heterocycles. The van der Waals surface area contributed by atoms with Gasteiger partial charge < -0.3 is 10.1 Å². The highest BCUT2D eigenvalue weighted by atomic mass is 19.1. The largest absolute Gasteiger partial charge is 0.490 e. The van der Waals surface area contributed by atoms with E-state index in [1.165, 1.54) is 25.3 Å². The first-order chi connectivity index (χ1) is 9.13. The molecule has 3 atom stereocenters. The van der Waals surface area contributed by atoms with E-state index in [1.54, 1.807) is 6.07 Å². The molecule has 1 aromatic rings. The normalized spacial score (nSPS) is 25.1. The molecule has 0 spiro atoms. The van der Waals surface area contributed by atoms with E-state index in [0.717, 1.165) is 6.42 Å². The second kappa shape index (κ2) is 6.38. The van der Waals surface area contributed by atoms with Crippen LogP contribution in [-0.4, -0.2) is 13.2 Å². The summed E-state index contributed by atoms with van der Waals surface area (Å²) in [5.41, 5.74) is 0.641. The first kappa shape index (κ1) is 14.3. The van der Waals surface area contributed by atoms with Gasteiger partial charge >= 0.3 is 0 Å². The molecule has 1 fully saturated rings. The van der Waals surface area contributed by atoms with Crippen LogP contribution in [0.2, 0.25) is 0 Å². The number of halogens is 1. The van der Waals surface area contributed by atoms with E-state index in [2.05, 4.69) is 12.2 Å². The molecule has 0 bridgehead atoms. The Bertz CT molecular complexity index is 421. The van der Waals surface area contributed by atoms with Crippen molar-refractivity contribution in [2.24, 2.45) is 5.92 Å². The summed E-state index contributed by atoms with van der Waals surface area (Å²) < 4.78 is 20.1. The fraction of sp³-hybridized carbons (Fsp3) is 0.625. The summed E-state index contributed by atoms with van der Waals surface area (Å²) in [5.74, 6) is 1.05. The number of benzene rings is 1. The number of hydrogen-bond acceptors (Lipinski definition) is 2. The molecule has 1 N–H and O–H groups in total. The van der Waals surface area contributed by atoms with Gasteiger partial charge in [0, 0.05) is 11.6 Å². The zero-order valence-corrected chi connectivity index (χ0v) is 12.1. The van der Waals surface area contributed by atoms with Crippen LogP contribution in [0.5, 0.6) is 5.75 Å². The second-order valence-corrected chi connectivity index (χ2v) is 5.58. The van der Waals surface area contributed by atoms with E-state index in [0.29, 0.717) is 17.2 Å². The molecular formula is C16H24FNO. The van der Waals surface area contributed by atoms with Crippen molar-refractivity contribution >= 4 is 0 Å². The number of ether oxygens (including phenoxy) is 1. The quantitative estimate of drug-likeness (QED) is 0.886. The third kappa shape index (κ3) is 3.27. The van der Waals surface area contributed by atoms with Crippen molar-refractivity contribution in [3.05, 3.63) is 29.6 Å². The molecule has 0 aliphatic heterocycles. The molecule has 0 heterocycles. The van der Waals surface area contributed by atoms with Crippen LogP contribution in [0.25, 0.3) is 0 Å². The van der Waals surface area contributed by atoms with Crippen LogP contribution in [-0.2, 0) is 0 Å².